The Bertz CT molecular complexity index is 683. The second-order valence-electron chi connectivity index (χ2n) is 5.50. The Balaban J connectivity index is 1.60. The number of methoxy groups -OCH3 is 1. The first kappa shape index (κ1) is 16.0. The average Bonchev–Trinajstić information content (AvgIpc) is 2.96. The van der Waals surface area contributed by atoms with Crippen LogP contribution < -0.4 is 9.47 Å². The van der Waals surface area contributed by atoms with E-state index < -0.39 is 5.95 Å². The summed E-state index contributed by atoms with van der Waals surface area (Å²) in [5, 5.41) is 0.645. The summed E-state index contributed by atoms with van der Waals surface area (Å²) < 4.78 is 24.1. The summed E-state index contributed by atoms with van der Waals surface area (Å²) in [7, 11) is 1.61. The Hall–Kier alpha value is -1.85. The van der Waals surface area contributed by atoms with E-state index in [4.69, 9.17) is 21.1 Å². The number of benzene rings is 1. The maximum atomic E-state index is 13.1. The first-order valence-corrected chi connectivity index (χ1v) is 7.86. The summed E-state index contributed by atoms with van der Waals surface area (Å²) in [5.74, 6) is 0.483. The molecule has 0 bridgehead atoms. The molecule has 3 rings (SSSR count). The van der Waals surface area contributed by atoms with E-state index in [1.807, 2.05) is 18.2 Å². The fraction of sp³-hybridized carbons (Fsp3) is 0.353. The molecule has 1 atom stereocenters. The van der Waals surface area contributed by atoms with Crippen LogP contribution in [0.15, 0.2) is 36.4 Å². The molecule has 0 amide bonds. The van der Waals surface area contributed by atoms with Crippen LogP contribution in [-0.4, -0.2) is 36.2 Å². The van der Waals surface area contributed by atoms with Crippen LogP contribution in [0.1, 0.15) is 12.0 Å². The van der Waals surface area contributed by atoms with Crippen molar-refractivity contribution in [3.8, 4) is 11.6 Å². The third-order valence-electron chi connectivity index (χ3n) is 3.86. The second-order valence-corrected chi connectivity index (χ2v) is 5.87. The molecule has 1 aromatic heterocycles. The van der Waals surface area contributed by atoms with Crippen molar-refractivity contribution in [2.45, 2.75) is 19.1 Å². The van der Waals surface area contributed by atoms with Crippen LogP contribution >= 0.6 is 11.6 Å². The smallest absolute Gasteiger partial charge is 0.216 e. The number of ether oxygens (including phenoxy) is 2. The number of rotatable bonds is 5. The lowest BCUT2D eigenvalue weighted by atomic mass is 10.2. The quantitative estimate of drug-likeness (QED) is 0.782. The second kappa shape index (κ2) is 7.15. The molecular formula is C17H18ClFN2O2. The molecule has 1 aliphatic heterocycles. The Kier molecular flexibility index (Phi) is 4.98. The lowest BCUT2D eigenvalue weighted by molar-refractivity contribution is 0.189. The molecule has 0 aliphatic carbocycles. The van der Waals surface area contributed by atoms with Gasteiger partial charge in [0.25, 0.3) is 0 Å². The predicted octanol–water partition coefficient (Wildman–Crippen LogP) is 3.54. The van der Waals surface area contributed by atoms with E-state index in [1.54, 1.807) is 19.2 Å². The minimum atomic E-state index is -0.527. The van der Waals surface area contributed by atoms with Gasteiger partial charge in [-0.3, -0.25) is 4.90 Å². The highest BCUT2D eigenvalue weighted by Gasteiger charge is 2.25. The van der Waals surface area contributed by atoms with Gasteiger partial charge in [-0.25, -0.2) is 0 Å². The van der Waals surface area contributed by atoms with Crippen LogP contribution in [0.5, 0.6) is 11.6 Å². The zero-order chi connectivity index (χ0) is 16.2. The topological polar surface area (TPSA) is 34.6 Å². The largest absolute Gasteiger partial charge is 0.495 e. The van der Waals surface area contributed by atoms with Crippen LogP contribution in [0.4, 0.5) is 4.39 Å². The molecule has 0 radical (unpaired) electrons. The molecule has 0 saturated carbocycles. The summed E-state index contributed by atoms with van der Waals surface area (Å²) in [5.41, 5.74) is 1.02. The fourth-order valence-electron chi connectivity index (χ4n) is 2.74. The molecule has 1 saturated heterocycles. The van der Waals surface area contributed by atoms with Crippen molar-refractivity contribution in [2.24, 2.45) is 0 Å². The van der Waals surface area contributed by atoms with E-state index >= 15 is 0 Å². The van der Waals surface area contributed by atoms with Crippen molar-refractivity contribution in [2.75, 3.05) is 20.2 Å². The molecule has 1 aliphatic rings. The Morgan fingerprint density at radius 2 is 2.13 bits per heavy atom. The summed E-state index contributed by atoms with van der Waals surface area (Å²) >= 11 is 6.34. The summed E-state index contributed by atoms with van der Waals surface area (Å²) in [6.45, 7) is 2.38. The van der Waals surface area contributed by atoms with Crippen molar-refractivity contribution >= 4 is 11.6 Å². The lowest BCUT2D eigenvalue weighted by Gasteiger charge is -2.18. The average molecular weight is 337 g/mol. The first-order chi connectivity index (χ1) is 11.2. The maximum Gasteiger partial charge on any atom is 0.216 e. The van der Waals surface area contributed by atoms with Crippen LogP contribution in [-0.2, 0) is 6.54 Å². The Morgan fingerprint density at radius 3 is 2.91 bits per heavy atom. The van der Waals surface area contributed by atoms with Gasteiger partial charge in [-0.2, -0.15) is 9.37 Å². The van der Waals surface area contributed by atoms with E-state index in [-0.39, 0.29) is 6.10 Å². The van der Waals surface area contributed by atoms with Crippen molar-refractivity contribution in [3.05, 3.63) is 52.9 Å². The maximum absolute atomic E-state index is 13.1. The van der Waals surface area contributed by atoms with Crippen molar-refractivity contribution < 1.29 is 13.9 Å². The standard InChI is InChI=1S/C17H18ClFN2O2/c1-22-14-5-2-4-12(17(14)18)10-21-9-8-13(11-21)23-16-7-3-6-15(19)20-16/h2-7,13H,8-11H2,1H3. The molecule has 2 heterocycles. The third kappa shape index (κ3) is 3.92. The van der Waals surface area contributed by atoms with Gasteiger partial charge in [0.1, 0.15) is 11.9 Å². The number of pyridine rings is 1. The van der Waals surface area contributed by atoms with E-state index in [9.17, 15) is 4.39 Å². The van der Waals surface area contributed by atoms with Crippen LogP contribution in [0, 0.1) is 5.95 Å². The Labute approximate surface area is 139 Å². The van der Waals surface area contributed by atoms with Gasteiger partial charge in [0.15, 0.2) is 0 Å². The number of hydrogen-bond donors (Lipinski definition) is 0. The summed E-state index contributed by atoms with van der Waals surface area (Å²) in [6, 6.07) is 10.3. The van der Waals surface area contributed by atoms with E-state index in [2.05, 4.69) is 9.88 Å². The van der Waals surface area contributed by atoms with Crippen molar-refractivity contribution in [1.82, 2.24) is 9.88 Å². The molecule has 4 nitrogen and oxygen atoms in total. The number of hydrogen-bond acceptors (Lipinski definition) is 4. The van der Waals surface area contributed by atoms with Crippen LogP contribution in [0.25, 0.3) is 0 Å². The van der Waals surface area contributed by atoms with Gasteiger partial charge in [0, 0.05) is 25.7 Å². The number of likely N-dealkylation sites (tertiary alicyclic amines) is 1. The van der Waals surface area contributed by atoms with Crippen molar-refractivity contribution in [1.29, 1.82) is 0 Å². The van der Waals surface area contributed by atoms with Gasteiger partial charge in [0.05, 0.1) is 12.1 Å². The molecule has 1 aromatic carbocycles. The molecule has 122 valence electrons. The molecule has 23 heavy (non-hydrogen) atoms. The van der Waals surface area contributed by atoms with Gasteiger partial charge in [-0.15, -0.1) is 0 Å². The third-order valence-corrected chi connectivity index (χ3v) is 4.29. The van der Waals surface area contributed by atoms with Gasteiger partial charge in [0.2, 0.25) is 11.8 Å². The lowest BCUT2D eigenvalue weighted by Crippen LogP contribution is -2.25. The van der Waals surface area contributed by atoms with Gasteiger partial charge < -0.3 is 9.47 Å². The van der Waals surface area contributed by atoms with E-state index in [0.717, 1.165) is 31.6 Å². The highest BCUT2D eigenvalue weighted by atomic mass is 35.5. The normalized spacial score (nSPS) is 18.1. The first-order valence-electron chi connectivity index (χ1n) is 7.48. The van der Waals surface area contributed by atoms with Gasteiger partial charge in [-0.1, -0.05) is 29.8 Å². The molecule has 2 aromatic rings. The van der Waals surface area contributed by atoms with Gasteiger partial charge in [-0.05, 0) is 24.1 Å². The molecule has 0 spiro atoms. The monoisotopic (exact) mass is 336 g/mol. The van der Waals surface area contributed by atoms with Crippen molar-refractivity contribution in [3.63, 3.8) is 0 Å². The van der Waals surface area contributed by atoms with Crippen LogP contribution in [0.3, 0.4) is 0 Å². The summed E-state index contributed by atoms with van der Waals surface area (Å²) in [4.78, 5) is 5.99. The van der Waals surface area contributed by atoms with E-state index in [1.165, 1.54) is 6.07 Å². The molecule has 1 fully saturated rings. The van der Waals surface area contributed by atoms with Gasteiger partial charge >= 0.3 is 0 Å². The SMILES string of the molecule is COc1cccc(CN2CCC(Oc3cccc(F)n3)C2)c1Cl. The number of halogens is 2. The highest BCUT2D eigenvalue weighted by Crippen LogP contribution is 2.29. The van der Waals surface area contributed by atoms with E-state index in [0.29, 0.717) is 16.7 Å². The Morgan fingerprint density at radius 1 is 1.30 bits per heavy atom. The zero-order valence-electron chi connectivity index (χ0n) is 12.8. The molecular weight excluding hydrogens is 319 g/mol. The predicted molar refractivity (Wildman–Crippen MR) is 86.5 cm³/mol. The fourth-order valence-corrected chi connectivity index (χ4v) is 3.00. The molecule has 0 N–H and O–H groups in total. The minimum Gasteiger partial charge on any atom is -0.495 e. The zero-order valence-corrected chi connectivity index (χ0v) is 13.6. The number of nitrogens with zero attached hydrogens (tertiary/aromatic N) is 2. The summed E-state index contributed by atoms with van der Waals surface area (Å²) in [6.07, 6.45) is 0.883. The van der Waals surface area contributed by atoms with Crippen LogP contribution in [0.2, 0.25) is 5.02 Å². The molecule has 1 unspecified atom stereocenters. The minimum absolute atomic E-state index is 0.00804. The molecule has 6 heteroatoms. The highest BCUT2D eigenvalue weighted by molar-refractivity contribution is 6.32. The number of aromatic nitrogens is 1.